The summed E-state index contributed by atoms with van der Waals surface area (Å²) in [5.41, 5.74) is 2.84. The van der Waals surface area contributed by atoms with Gasteiger partial charge < -0.3 is 23.0 Å². The zero-order valence-electron chi connectivity index (χ0n) is 33.3. The van der Waals surface area contributed by atoms with Crippen LogP contribution in [0.1, 0.15) is 75.3 Å². The summed E-state index contributed by atoms with van der Waals surface area (Å²) in [5, 5.41) is 9.77. The second-order valence-corrected chi connectivity index (χ2v) is 15.3. The maximum Gasteiger partial charge on any atom is 0.437 e. The molecule has 0 saturated heterocycles. The van der Waals surface area contributed by atoms with Crippen molar-refractivity contribution in [3.8, 4) is 0 Å². The van der Waals surface area contributed by atoms with Crippen LogP contribution < -0.4 is 22.6 Å². The van der Waals surface area contributed by atoms with Gasteiger partial charge in [0.15, 0.2) is 22.3 Å². The number of halogens is 3. The number of hydrogen-bond acceptors (Lipinski definition) is 12. The lowest BCUT2D eigenvalue weighted by Gasteiger charge is -2.34. The summed E-state index contributed by atoms with van der Waals surface area (Å²) in [5.74, 6) is 0.253. The predicted molar refractivity (Wildman–Crippen MR) is 217 cm³/mol. The molecule has 21 heteroatoms. The number of aromatic nitrogens is 12. The van der Waals surface area contributed by atoms with Gasteiger partial charge in [0, 0.05) is 24.1 Å². The molecule has 2 saturated carbocycles. The maximum absolute atomic E-state index is 12.7. The lowest BCUT2D eigenvalue weighted by Crippen LogP contribution is -2.31. The van der Waals surface area contributed by atoms with Crippen molar-refractivity contribution in [1.29, 1.82) is 0 Å². The smallest absolute Gasteiger partial charge is 0.391 e. The number of nitrogens with one attached hydrogen (secondary N) is 1. The average Bonchev–Trinajstić information content (AvgIpc) is 3.96. The summed E-state index contributed by atoms with van der Waals surface area (Å²) in [6, 6.07) is 15.6. The minimum absolute atomic E-state index is 0.0638. The van der Waals surface area contributed by atoms with E-state index in [2.05, 4.69) is 35.1 Å². The summed E-state index contributed by atoms with van der Waals surface area (Å²) >= 11 is 17.4. The number of rotatable bonds is 7. The van der Waals surface area contributed by atoms with Crippen molar-refractivity contribution in [2.24, 2.45) is 14.1 Å². The standard InChI is InChI=1S/C19H17ClN6O3.C13H12Cl2N2O2.C6H6N4O/c1-24-9-21-17-16(24)18(27)25(10-22-17)8-15-23-26(19(28)29-15)14-6-12(7-14)11-2-4-13(20)5-3-11;14-7-12-16-17(13(18)19-12)11-5-9(6-11)8-1-3-10(15)4-2-8;1-10-3-9-5-4(10)6(11)8-2-7-5/h2-5,9-10,12,14H,6-8H2,1H3;1-4,9,11H,5-7H2;2-3H,1H3,(H,7,8,11)/i10D;;2D. The van der Waals surface area contributed by atoms with Crippen LogP contribution >= 0.6 is 34.8 Å². The molecule has 2 fully saturated rings. The van der Waals surface area contributed by atoms with Gasteiger partial charge in [-0.3, -0.25) is 14.2 Å². The van der Waals surface area contributed by atoms with E-state index >= 15 is 0 Å². The van der Waals surface area contributed by atoms with Crippen LogP contribution in [-0.2, 0) is 26.5 Å². The van der Waals surface area contributed by atoms with E-state index in [4.69, 9.17) is 46.4 Å². The zero-order chi connectivity index (χ0) is 43.1. The minimum Gasteiger partial charge on any atom is -0.391 e. The van der Waals surface area contributed by atoms with Gasteiger partial charge in [0.1, 0.15) is 21.5 Å². The highest BCUT2D eigenvalue weighted by molar-refractivity contribution is 6.30. The van der Waals surface area contributed by atoms with E-state index in [0.717, 1.165) is 35.3 Å². The fourth-order valence-electron chi connectivity index (χ4n) is 7.05. The fourth-order valence-corrected chi connectivity index (χ4v) is 7.41. The van der Waals surface area contributed by atoms with Crippen LogP contribution in [0.25, 0.3) is 22.3 Å². The Balaban J connectivity index is 0.000000141. The highest BCUT2D eigenvalue weighted by atomic mass is 35.5. The topological polar surface area (TPSA) is 212 Å². The minimum atomic E-state index is -0.571. The van der Waals surface area contributed by atoms with Gasteiger partial charge in [-0.1, -0.05) is 47.5 Å². The van der Waals surface area contributed by atoms with Crippen molar-refractivity contribution in [3.63, 3.8) is 0 Å². The van der Waals surface area contributed by atoms with Crippen molar-refractivity contribution in [2.45, 2.75) is 62.0 Å². The summed E-state index contributed by atoms with van der Waals surface area (Å²) < 4.78 is 32.3. The molecule has 6 aromatic heterocycles. The van der Waals surface area contributed by atoms with Gasteiger partial charge in [0.2, 0.25) is 11.8 Å². The molecule has 0 unspecified atom stereocenters. The first-order valence-electron chi connectivity index (χ1n) is 19.3. The van der Waals surface area contributed by atoms with Crippen LogP contribution in [0.5, 0.6) is 0 Å². The van der Waals surface area contributed by atoms with E-state index in [1.807, 2.05) is 48.5 Å². The third-order valence-electron chi connectivity index (χ3n) is 10.3. The SMILES string of the molecule is O=c1oc(CCl)nn1C1CC(c2ccc(Cl)cc2)C1.[2H]c1nc2ncn(C)c2c(=O)[nH]1.[2H]c1nc2ncn(C)c2c(=O)n1Cc1nn(C2CC(c3ccc(Cl)cc3)C2)c(=O)o1. The predicted octanol–water partition coefficient (Wildman–Crippen LogP) is 5.10. The monoisotopic (exact) mass is 862 g/mol. The van der Waals surface area contributed by atoms with Crippen LogP contribution in [0.3, 0.4) is 0 Å². The molecule has 304 valence electrons. The van der Waals surface area contributed by atoms with Gasteiger partial charge in [-0.05, 0) is 72.9 Å². The second kappa shape index (κ2) is 16.6. The van der Waals surface area contributed by atoms with Crippen molar-refractivity contribution >= 4 is 57.1 Å². The van der Waals surface area contributed by atoms with Gasteiger partial charge in [0.05, 0.1) is 31.0 Å². The molecule has 0 amide bonds. The van der Waals surface area contributed by atoms with E-state index < -0.39 is 17.1 Å². The van der Waals surface area contributed by atoms with Crippen LogP contribution in [-0.4, -0.2) is 58.2 Å². The van der Waals surface area contributed by atoms with Crippen LogP contribution in [0.15, 0.2) is 102 Å². The number of aromatic amines is 1. The van der Waals surface area contributed by atoms with Gasteiger partial charge in [0.25, 0.3) is 11.1 Å². The third-order valence-corrected chi connectivity index (χ3v) is 11.1. The molecule has 10 rings (SSSR count). The molecule has 59 heavy (non-hydrogen) atoms. The fraction of sp³-hybridized carbons (Fsp3) is 0.316. The van der Waals surface area contributed by atoms with E-state index in [1.165, 1.54) is 33.1 Å². The summed E-state index contributed by atoms with van der Waals surface area (Å²) in [6.07, 6.45) is 5.82. The first kappa shape index (κ1) is 37.2. The number of fused-ring (bicyclic) bond motifs is 2. The lowest BCUT2D eigenvalue weighted by atomic mass is 9.76. The molecule has 6 heterocycles. The Kier molecular flexibility index (Phi) is 10.5. The van der Waals surface area contributed by atoms with Crippen LogP contribution in [0.2, 0.25) is 10.0 Å². The third kappa shape index (κ3) is 8.28. The molecule has 0 spiro atoms. The Labute approximate surface area is 350 Å². The number of hydrogen-bond donors (Lipinski definition) is 1. The van der Waals surface area contributed by atoms with Gasteiger partial charge in [-0.15, -0.1) is 21.8 Å². The molecular formula is C38H35Cl3N12O6. The number of nitrogens with zero attached hydrogens (tertiary/aromatic N) is 11. The van der Waals surface area contributed by atoms with E-state index in [1.54, 1.807) is 23.2 Å². The average molecular weight is 864 g/mol. The first-order valence-corrected chi connectivity index (χ1v) is 19.6. The number of benzene rings is 2. The summed E-state index contributed by atoms with van der Waals surface area (Å²) in [4.78, 5) is 65.7. The molecular weight excluding hydrogens is 827 g/mol. The van der Waals surface area contributed by atoms with Gasteiger partial charge in [-0.25, -0.2) is 29.5 Å². The molecule has 2 aromatic carbocycles. The Hall–Kier alpha value is -6.11. The molecule has 0 aliphatic heterocycles. The van der Waals surface area contributed by atoms with Crippen molar-refractivity contribution in [3.05, 3.63) is 149 Å². The summed E-state index contributed by atoms with van der Waals surface area (Å²) in [6.45, 7) is -0.151. The van der Waals surface area contributed by atoms with E-state index in [0.29, 0.717) is 28.0 Å². The number of imidazole rings is 2. The first-order chi connectivity index (χ1) is 29.3. The number of H-pyrrole nitrogens is 1. The van der Waals surface area contributed by atoms with Crippen molar-refractivity contribution < 1.29 is 11.6 Å². The molecule has 18 nitrogen and oxygen atoms in total. The number of aryl methyl sites for hydroxylation is 2. The molecule has 0 atom stereocenters. The highest BCUT2D eigenvalue weighted by Gasteiger charge is 2.35. The Morgan fingerprint density at radius 2 is 1.20 bits per heavy atom. The summed E-state index contributed by atoms with van der Waals surface area (Å²) in [7, 11) is 3.38. The molecule has 8 aromatic rings. The van der Waals surface area contributed by atoms with Crippen molar-refractivity contribution in [2.75, 3.05) is 0 Å². The molecule has 1 N–H and O–H groups in total. The molecule has 0 radical (unpaired) electrons. The second-order valence-electron chi connectivity index (χ2n) is 14.1. The quantitative estimate of drug-likeness (QED) is 0.207. The largest absolute Gasteiger partial charge is 0.437 e. The maximum atomic E-state index is 12.7. The Bertz CT molecular complexity index is 3100. The van der Waals surface area contributed by atoms with Crippen LogP contribution in [0.4, 0.5) is 0 Å². The Morgan fingerprint density at radius 1 is 0.712 bits per heavy atom. The van der Waals surface area contributed by atoms with Gasteiger partial charge in [-0.2, -0.15) is 9.36 Å². The van der Waals surface area contributed by atoms with E-state index in [-0.39, 0.29) is 65.6 Å². The normalized spacial score (nSPS) is 18.9. The molecule has 0 bridgehead atoms. The van der Waals surface area contributed by atoms with Crippen LogP contribution in [0, 0.1) is 0 Å². The Morgan fingerprint density at radius 3 is 1.73 bits per heavy atom. The van der Waals surface area contributed by atoms with Crippen molar-refractivity contribution in [1.82, 2.24) is 58.2 Å². The molecule has 2 aliphatic rings. The lowest BCUT2D eigenvalue weighted by molar-refractivity contribution is 0.233. The molecule has 2 aliphatic carbocycles. The van der Waals surface area contributed by atoms with E-state index in [9.17, 15) is 19.2 Å². The zero-order valence-corrected chi connectivity index (χ0v) is 33.6. The number of alkyl halides is 1. The van der Waals surface area contributed by atoms with Gasteiger partial charge >= 0.3 is 11.5 Å². The highest BCUT2D eigenvalue weighted by Crippen LogP contribution is 2.45.